The van der Waals surface area contributed by atoms with Gasteiger partial charge in [0.1, 0.15) is 19.8 Å². The number of anilines is 2. The number of nitrogens with zero attached hydrogens (tertiary/aromatic N) is 2. The molecule has 0 aliphatic rings. The van der Waals surface area contributed by atoms with E-state index in [9.17, 15) is 14.4 Å². The number of amides is 3. The molecule has 0 bridgehead atoms. The molecule has 36 heavy (non-hydrogen) atoms. The zero-order chi connectivity index (χ0) is 25.8. The molecule has 3 aromatic rings. The van der Waals surface area contributed by atoms with E-state index in [0.717, 1.165) is 14.6 Å². The third-order valence-electron chi connectivity index (χ3n) is 4.32. The summed E-state index contributed by atoms with van der Waals surface area (Å²) in [6.45, 7) is 3.47. The summed E-state index contributed by atoms with van der Waals surface area (Å²) in [5.41, 5.74) is 2.29. The van der Waals surface area contributed by atoms with Crippen molar-refractivity contribution < 1.29 is 23.9 Å². The Bertz CT molecular complexity index is 1290. The van der Waals surface area contributed by atoms with Gasteiger partial charge in [-0.1, -0.05) is 30.5 Å². The third-order valence-corrected chi connectivity index (χ3v) is 6.49. The van der Waals surface area contributed by atoms with Crippen LogP contribution in [0, 0.1) is 11.3 Å². The minimum Gasteiger partial charge on any atom is -0.445 e. The van der Waals surface area contributed by atoms with Crippen LogP contribution in [-0.4, -0.2) is 55.0 Å². The van der Waals surface area contributed by atoms with E-state index in [4.69, 9.17) is 14.7 Å². The number of nitrogens with one attached hydrogen (secondary N) is 3. The fraction of sp³-hybridized carbons (Fsp3) is 0.208. The van der Waals surface area contributed by atoms with Gasteiger partial charge in [-0.2, -0.15) is 5.26 Å². The van der Waals surface area contributed by atoms with Crippen molar-refractivity contribution in [1.82, 2.24) is 10.3 Å². The topological polar surface area (TPSA) is 142 Å². The molecule has 0 aliphatic heterocycles. The lowest BCUT2D eigenvalue weighted by Crippen LogP contribution is -2.26. The molecule has 10 nitrogen and oxygen atoms in total. The fourth-order valence-electron chi connectivity index (χ4n) is 2.82. The van der Waals surface area contributed by atoms with Crippen molar-refractivity contribution in [3.05, 3.63) is 60.7 Å². The number of thiazole rings is 1. The second-order valence-electron chi connectivity index (χ2n) is 7.11. The molecule has 12 heteroatoms. The minimum absolute atomic E-state index is 0.163. The number of aromatic nitrogens is 1. The van der Waals surface area contributed by atoms with Gasteiger partial charge >= 0.3 is 6.09 Å². The second kappa shape index (κ2) is 13.8. The van der Waals surface area contributed by atoms with Gasteiger partial charge in [-0.15, -0.1) is 11.3 Å². The predicted octanol–water partition coefficient (Wildman–Crippen LogP) is 3.77. The predicted molar refractivity (Wildman–Crippen MR) is 139 cm³/mol. The number of alkyl carbamates (subject to hydrolysis) is 1. The molecule has 3 rings (SSSR count). The first-order chi connectivity index (χ1) is 17.5. The van der Waals surface area contributed by atoms with Crippen LogP contribution in [-0.2, 0) is 19.1 Å². The first-order valence-corrected chi connectivity index (χ1v) is 12.5. The SMILES string of the molecule is C=CCOC(=O)NCCSc1nc2ccc(NC(=O)COCC(=O)Nc3cccc(C#N)c3)cc2s1. The number of carbonyl (C=O) groups is 3. The van der Waals surface area contributed by atoms with Gasteiger partial charge in [-0.05, 0) is 36.4 Å². The maximum absolute atomic E-state index is 12.2. The smallest absolute Gasteiger partial charge is 0.407 e. The Morgan fingerprint density at radius 2 is 1.86 bits per heavy atom. The maximum Gasteiger partial charge on any atom is 0.407 e. The van der Waals surface area contributed by atoms with E-state index in [0.29, 0.717) is 29.2 Å². The van der Waals surface area contributed by atoms with Gasteiger partial charge in [0, 0.05) is 23.7 Å². The monoisotopic (exact) mass is 525 g/mol. The minimum atomic E-state index is -0.491. The van der Waals surface area contributed by atoms with Crippen LogP contribution in [0.25, 0.3) is 10.2 Å². The molecular weight excluding hydrogens is 502 g/mol. The van der Waals surface area contributed by atoms with Crippen LogP contribution in [0.1, 0.15) is 5.56 Å². The summed E-state index contributed by atoms with van der Waals surface area (Å²) < 4.78 is 11.8. The molecule has 1 heterocycles. The van der Waals surface area contributed by atoms with Crippen LogP contribution in [0.2, 0.25) is 0 Å². The average molecular weight is 526 g/mol. The summed E-state index contributed by atoms with van der Waals surface area (Å²) >= 11 is 2.98. The number of ether oxygens (including phenoxy) is 2. The molecular formula is C24H23N5O5S2. The highest BCUT2D eigenvalue weighted by molar-refractivity contribution is 8.01. The molecule has 0 radical (unpaired) electrons. The van der Waals surface area contributed by atoms with E-state index in [1.165, 1.54) is 29.2 Å². The molecule has 3 N–H and O–H groups in total. The molecule has 0 saturated carbocycles. The van der Waals surface area contributed by atoms with E-state index < -0.39 is 17.9 Å². The number of fused-ring (bicyclic) bond motifs is 1. The Kier molecular flexibility index (Phi) is 10.3. The largest absolute Gasteiger partial charge is 0.445 e. The normalized spacial score (nSPS) is 10.3. The average Bonchev–Trinajstić information content (AvgIpc) is 3.27. The van der Waals surface area contributed by atoms with Gasteiger partial charge < -0.3 is 25.4 Å². The molecule has 0 spiro atoms. The lowest BCUT2D eigenvalue weighted by molar-refractivity contribution is -0.125. The summed E-state index contributed by atoms with van der Waals surface area (Å²) in [6, 6.07) is 13.8. The molecule has 0 fully saturated rings. The summed E-state index contributed by atoms with van der Waals surface area (Å²) in [5, 5.41) is 16.9. The highest BCUT2D eigenvalue weighted by atomic mass is 32.2. The molecule has 3 amide bonds. The van der Waals surface area contributed by atoms with Crippen molar-refractivity contribution in [2.45, 2.75) is 4.34 Å². The fourth-order valence-corrected chi connectivity index (χ4v) is 4.85. The molecule has 0 unspecified atom stereocenters. The van der Waals surface area contributed by atoms with Crippen LogP contribution in [0.3, 0.4) is 0 Å². The summed E-state index contributed by atoms with van der Waals surface area (Å²) in [7, 11) is 0. The Morgan fingerprint density at radius 3 is 2.58 bits per heavy atom. The third kappa shape index (κ3) is 8.70. The maximum atomic E-state index is 12.2. The first-order valence-electron chi connectivity index (χ1n) is 10.7. The van der Waals surface area contributed by atoms with E-state index in [1.807, 2.05) is 12.1 Å². The summed E-state index contributed by atoms with van der Waals surface area (Å²) in [4.78, 5) is 40.1. The Labute approximate surface area is 215 Å². The number of hydrogen-bond donors (Lipinski definition) is 3. The zero-order valence-corrected chi connectivity index (χ0v) is 20.7. The van der Waals surface area contributed by atoms with Gasteiger partial charge in [0.05, 0.1) is 21.8 Å². The van der Waals surface area contributed by atoms with E-state index in [-0.39, 0.29) is 19.8 Å². The van der Waals surface area contributed by atoms with Gasteiger partial charge in [0.2, 0.25) is 11.8 Å². The lowest BCUT2D eigenvalue weighted by atomic mass is 10.2. The van der Waals surface area contributed by atoms with Crippen LogP contribution in [0.5, 0.6) is 0 Å². The number of carbonyl (C=O) groups excluding carboxylic acids is 3. The summed E-state index contributed by atoms with van der Waals surface area (Å²) in [5.74, 6) is -0.207. The van der Waals surface area contributed by atoms with Gasteiger partial charge in [0.15, 0.2) is 4.34 Å². The number of benzene rings is 2. The molecule has 0 atom stereocenters. The Hall–Kier alpha value is -3.92. The molecule has 1 aromatic heterocycles. The standard InChI is InChI=1S/C24H23N5O5S2/c1-2-9-34-23(32)26-8-10-35-24-29-19-7-6-18(12-20(19)36-24)28-22(31)15-33-14-21(30)27-17-5-3-4-16(11-17)13-25/h2-7,11-12H,1,8-10,14-15H2,(H,26,32)(H,27,30)(H,28,31). The molecule has 186 valence electrons. The van der Waals surface area contributed by atoms with Crippen LogP contribution in [0.4, 0.5) is 16.2 Å². The van der Waals surface area contributed by atoms with Crippen molar-refractivity contribution in [2.75, 3.05) is 42.8 Å². The van der Waals surface area contributed by atoms with Crippen molar-refractivity contribution in [3.8, 4) is 6.07 Å². The van der Waals surface area contributed by atoms with E-state index in [1.54, 1.807) is 36.4 Å². The Morgan fingerprint density at radius 1 is 1.11 bits per heavy atom. The molecule has 0 saturated heterocycles. The number of nitriles is 1. The van der Waals surface area contributed by atoms with Crippen molar-refractivity contribution >= 4 is 62.6 Å². The van der Waals surface area contributed by atoms with Crippen molar-refractivity contribution in [1.29, 1.82) is 5.26 Å². The van der Waals surface area contributed by atoms with Gasteiger partial charge in [-0.3, -0.25) is 9.59 Å². The van der Waals surface area contributed by atoms with Crippen LogP contribution < -0.4 is 16.0 Å². The lowest BCUT2D eigenvalue weighted by Gasteiger charge is -2.07. The van der Waals surface area contributed by atoms with Gasteiger partial charge in [0.25, 0.3) is 0 Å². The first kappa shape index (κ1) is 26.7. The molecule has 0 aliphatic carbocycles. The zero-order valence-electron chi connectivity index (χ0n) is 19.1. The van der Waals surface area contributed by atoms with Crippen LogP contribution >= 0.6 is 23.1 Å². The number of thioether (sulfide) groups is 1. The quantitative estimate of drug-likeness (QED) is 0.184. The van der Waals surface area contributed by atoms with Crippen molar-refractivity contribution in [3.63, 3.8) is 0 Å². The van der Waals surface area contributed by atoms with Gasteiger partial charge in [-0.25, -0.2) is 9.78 Å². The second-order valence-corrected chi connectivity index (χ2v) is 9.48. The highest BCUT2D eigenvalue weighted by Crippen LogP contribution is 2.31. The Balaban J connectivity index is 1.40. The number of hydrogen-bond acceptors (Lipinski definition) is 9. The van der Waals surface area contributed by atoms with E-state index >= 15 is 0 Å². The van der Waals surface area contributed by atoms with E-state index in [2.05, 4.69) is 27.5 Å². The number of rotatable bonds is 12. The van der Waals surface area contributed by atoms with Crippen LogP contribution in [0.15, 0.2) is 59.5 Å². The van der Waals surface area contributed by atoms with Crippen molar-refractivity contribution in [2.24, 2.45) is 0 Å². The highest BCUT2D eigenvalue weighted by Gasteiger charge is 2.10. The molecule has 2 aromatic carbocycles. The summed E-state index contributed by atoms with van der Waals surface area (Å²) in [6.07, 6.45) is 1.01.